The number of hydrogen-bond donors (Lipinski definition) is 1. The molecule has 1 aliphatic rings. The predicted molar refractivity (Wildman–Crippen MR) is 76.7 cm³/mol. The molecule has 0 aromatic heterocycles. The lowest BCUT2D eigenvalue weighted by Gasteiger charge is -2.23. The number of ether oxygens (including phenoxy) is 1. The summed E-state index contributed by atoms with van der Waals surface area (Å²) in [5, 5.41) is 0. The Labute approximate surface area is 121 Å². The molecule has 0 unspecified atom stereocenters. The van der Waals surface area contributed by atoms with Gasteiger partial charge in [0, 0.05) is 29.7 Å². The lowest BCUT2D eigenvalue weighted by molar-refractivity contribution is 0.391. The number of benzene rings is 1. The lowest BCUT2D eigenvalue weighted by atomic mass is 10.2. The predicted octanol–water partition coefficient (Wildman–Crippen LogP) is 1.57. The molecular formula is C12H17BrN2O3S. The van der Waals surface area contributed by atoms with E-state index in [4.69, 9.17) is 10.5 Å². The quantitative estimate of drug-likeness (QED) is 0.896. The molecule has 0 bridgehead atoms. The highest BCUT2D eigenvalue weighted by atomic mass is 79.9. The topological polar surface area (TPSA) is 72.6 Å². The monoisotopic (exact) mass is 348 g/mol. The first-order valence-electron chi connectivity index (χ1n) is 6.06. The second-order valence-electron chi connectivity index (χ2n) is 4.44. The molecule has 1 aromatic carbocycles. The summed E-state index contributed by atoms with van der Waals surface area (Å²) in [6.07, 6.45) is 1.67. The van der Waals surface area contributed by atoms with Crippen molar-refractivity contribution >= 4 is 26.0 Å². The summed E-state index contributed by atoms with van der Waals surface area (Å²) in [6.45, 7) is 0.870. The molecule has 0 spiro atoms. The van der Waals surface area contributed by atoms with Crippen LogP contribution in [0.1, 0.15) is 12.8 Å². The molecule has 106 valence electrons. The first-order valence-corrected chi connectivity index (χ1v) is 8.29. The fraction of sp³-hybridized carbons (Fsp3) is 0.500. The summed E-state index contributed by atoms with van der Waals surface area (Å²) in [6, 6.07) is 4.82. The van der Waals surface area contributed by atoms with Crippen LogP contribution in [0.25, 0.3) is 0 Å². The standard InChI is InChI=1S/C12H17BrN2O3S/c1-18-10-4-5-11(13)12(7-10)19(16,17)15-6-2-3-9(15)8-14/h4-5,7,9H,2-3,6,8,14H2,1H3/t9-/m1/s1. The van der Waals surface area contributed by atoms with Gasteiger partial charge in [-0.25, -0.2) is 8.42 Å². The van der Waals surface area contributed by atoms with Crippen LogP contribution in [0.4, 0.5) is 0 Å². The second kappa shape index (κ2) is 5.78. The van der Waals surface area contributed by atoms with Crippen LogP contribution in [0, 0.1) is 0 Å². The Bertz CT molecular complexity index is 562. The smallest absolute Gasteiger partial charge is 0.244 e. The van der Waals surface area contributed by atoms with E-state index in [0.717, 1.165) is 12.8 Å². The van der Waals surface area contributed by atoms with Crippen LogP contribution in [0.15, 0.2) is 27.6 Å². The second-order valence-corrected chi connectivity index (χ2v) is 7.16. The Morgan fingerprint density at radius 1 is 1.53 bits per heavy atom. The van der Waals surface area contributed by atoms with Gasteiger partial charge in [-0.15, -0.1) is 0 Å². The van der Waals surface area contributed by atoms with Gasteiger partial charge in [0.05, 0.1) is 7.11 Å². The summed E-state index contributed by atoms with van der Waals surface area (Å²) in [5.74, 6) is 0.519. The van der Waals surface area contributed by atoms with E-state index < -0.39 is 10.0 Å². The van der Waals surface area contributed by atoms with Crippen molar-refractivity contribution in [2.45, 2.75) is 23.8 Å². The number of nitrogens with two attached hydrogens (primary N) is 1. The van der Waals surface area contributed by atoms with Crippen molar-refractivity contribution < 1.29 is 13.2 Å². The summed E-state index contributed by atoms with van der Waals surface area (Å²) >= 11 is 3.29. The maximum atomic E-state index is 12.7. The van der Waals surface area contributed by atoms with Gasteiger partial charge in [-0.3, -0.25) is 0 Å². The zero-order valence-corrected chi connectivity index (χ0v) is 13.1. The summed E-state index contributed by atoms with van der Waals surface area (Å²) < 4.78 is 32.5. The van der Waals surface area contributed by atoms with Gasteiger partial charge in [0.1, 0.15) is 10.6 Å². The van der Waals surface area contributed by atoms with Gasteiger partial charge in [-0.2, -0.15) is 4.31 Å². The van der Waals surface area contributed by atoms with Crippen LogP contribution in [-0.4, -0.2) is 39.0 Å². The molecule has 0 saturated carbocycles. The average Bonchev–Trinajstić information content (AvgIpc) is 2.88. The molecule has 0 aliphatic carbocycles. The minimum Gasteiger partial charge on any atom is -0.497 e. The van der Waals surface area contributed by atoms with Crippen LogP contribution in [0.2, 0.25) is 0 Å². The van der Waals surface area contributed by atoms with E-state index in [0.29, 0.717) is 23.3 Å². The zero-order valence-electron chi connectivity index (χ0n) is 10.7. The zero-order chi connectivity index (χ0) is 14.0. The highest BCUT2D eigenvalue weighted by Gasteiger charge is 2.35. The van der Waals surface area contributed by atoms with E-state index >= 15 is 0 Å². The molecule has 0 radical (unpaired) electrons. The van der Waals surface area contributed by atoms with Crippen molar-refractivity contribution in [1.82, 2.24) is 4.31 Å². The summed E-state index contributed by atoms with van der Waals surface area (Å²) in [5.41, 5.74) is 5.65. The maximum Gasteiger partial charge on any atom is 0.244 e. The molecule has 1 aliphatic heterocycles. The third-order valence-corrected chi connectivity index (χ3v) is 6.27. The fourth-order valence-corrected chi connectivity index (χ4v) is 4.94. The van der Waals surface area contributed by atoms with Gasteiger partial charge >= 0.3 is 0 Å². The number of methoxy groups -OCH3 is 1. The maximum absolute atomic E-state index is 12.7. The van der Waals surface area contributed by atoms with E-state index in [9.17, 15) is 8.42 Å². The molecule has 0 amide bonds. The minimum atomic E-state index is -3.54. The summed E-state index contributed by atoms with van der Waals surface area (Å²) in [7, 11) is -2.02. The third-order valence-electron chi connectivity index (χ3n) is 3.32. The number of halogens is 1. The van der Waals surface area contributed by atoms with E-state index in [-0.39, 0.29) is 10.9 Å². The van der Waals surface area contributed by atoms with Crippen molar-refractivity contribution in [2.24, 2.45) is 5.73 Å². The fourth-order valence-electron chi connectivity index (χ4n) is 2.30. The van der Waals surface area contributed by atoms with Crippen LogP contribution in [0.3, 0.4) is 0 Å². The SMILES string of the molecule is COc1ccc(Br)c(S(=O)(=O)N2CCC[C@@H]2CN)c1. The van der Waals surface area contributed by atoms with Crippen molar-refractivity contribution in [3.63, 3.8) is 0 Å². The molecule has 1 heterocycles. The molecule has 19 heavy (non-hydrogen) atoms. The number of nitrogens with zero attached hydrogens (tertiary/aromatic N) is 1. The van der Waals surface area contributed by atoms with E-state index in [1.165, 1.54) is 17.5 Å². The normalized spacial score (nSPS) is 20.7. The minimum absolute atomic E-state index is 0.108. The Hall–Kier alpha value is -0.630. The first-order chi connectivity index (χ1) is 9.00. The average molecular weight is 349 g/mol. The van der Waals surface area contributed by atoms with E-state index in [2.05, 4.69) is 15.9 Å². The number of rotatable bonds is 4. The Balaban J connectivity index is 2.44. The van der Waals surface area contributed by atoms with E-state index in [1.807, 2.05) is 0 Å². The molecule has 1 fully saturated rings. The highest BCUT2D eigenvalue weighted by molar-refractivity contribution is 9.10. The third kappa shape index (κ3) is 2.79. The van der Waals surface area contributed by atoms with E-state index in [1.54, 1.807) is 12.1 Å². The van der Waals surface area contributed by atoms with Gasteiger partial charge in [-0.1, -0.05) is 0 Å². The van der Waals surface area contributed by atoms with Crippen molar-refractivity contribution in [3.05, 3.63) is 22.7 Å². The van der Waals surface area contributed by atoms with Crippen LogP contribution < -0.4 is 10.5 Å². The van der Waals surface area contributed by atoms with Crippen LogP contribution >= 0.6 is 15.9 Å². The van der Waals surface area contributed by atoms with Crippen molar-refractivity contribution in [2.75, 3.05) is 20.2 Å². The number of hydrogen-bond acceptors (Lipinski definition) is 4. The molecule has 2 N–H and O–H groups in total. The Morgan fingerprint density at radius 2 is 2.26 bits per heavy atom. The van der Waals surface area contributed by atoms with Crippen LogP contribution in [0.5, 0.6) is 5.75 Å². The van der Waals surface area contributed by atoms with Gasteiger partial charge in [0.25, 0.3) is 0 Å². The Morgan fingerprint density at radius 3 is 2.89 bits per heavy atom. The van der Waals surface area contributed by atoms with Crippen LogP contribution in [-0.2, 0) is 10.0 Å². The van der Waals surface area contributed by atoms with Crippen molar-refractivity contribution in [3.8, 4) is 5.75 Å². The van der Waals surface area contributed by atoms with Crippen molar-refractivity contribution in [1.29, 1.82) is 0 Å². The molecular weight excluding hydrogens is 332 g/mol. The molecule has 1 atom stereocenters. The molecule has 1 saturated heterocycles. The molecule has 5 nitrogen and oxygen atoms in total. The Kier molecular flexibility index (Phi) is 4.50. The summed E-state index contributed by atoms with van der Waals surface area (Å²) in [4.78, 5) is 0.229. The lowest BCUT2D eigenvalue weighted by Crippen LogP contribution is -2.39. The highest BCUT2D eigenvalue weighted by Crippen LogP contribution is 2.32. The largest absolute Gasteiger partial charge is 0.497 e. The molecule has 1 aromatic rings. The number of sulfonamides is 1. The van der Waals surface area contributed by atoms with Gasteiger partial charge in [0.15, 0.2) is 0 Å². The van der Waals surface area contributed by atoms with Gasteiger partial charge in [0.2, 0.25) is 10.0 Å². The molecule has 2 rings (SSSR count). The first kappa shape index (κ1) is 14.8. The van der Waals surface area contributed by atoms with Gasteiger partial charge in [-0.05, 0) is 40.9 Å². The molecule has 7 heteroatoms. The van der Waals surface area contributed by atoms with Gasteiger partial charge < -0.3 is 10.5 Å².